The van der Waals surface area contributed by atoms with E-state index in [1.807, 2.05) is 84.9 Å². The first-order valence-electron chi connectivity index (χ1n) is 19.8. The van der Waals surface area contributed by atoms with Crippen LogP contribution in [0.3, 0.4) is 0 Å². The van der Waals surface area contributed by atoms with Crippen molar-refractivity contribution in [2.24, 2.45) is 0 Å². The van der Waals surface area contributed by atoms with Crippen molar-refractivity contribution in [3.8, 4) is 6.07 Å². The van der Waals surface area contributed by atoms with Crippen LogP contribution in [-0.4, -0.2) is 0 Å². The molecular weight excluding hydrogens is 737 g/mol. The first-order valence-corrected chi connectivity index (χ1v) is 19.8. The molecule has 6 nitrogen and oxygen atoms in total. The Morgan fingerprint density at radius 1 is 0.417 bits per heavy atom. The smallest absolute Gasteiger partial charge is 0.187 e. The van der Waals surface area contributed by atoms with Crippen molar-refractivity contribution < 1.29 is 8.83 Å². The van der Waals surface area contributed by atoms with Gasteiger partial charge in [-0.05, 0) is 94.3 Å². The molecule has 0 atom stereocenters. The molecule has 0 bridgehead atoms. The Bertz CT molecular complexity index is 3510. The zero-order valence-electron chi connectivity index (χ0n) is 31.9. The second-order valence-corrected chi connectivity index (χ2v) is 15.1. The molecule has 10 aromatic carbocycles. The molecule has 0 saturated heterocycles. The number of benzene rings is 10. The van der Waals surface area contributed by atoms with Gasteiger partial charge in [0.1, 0.15) is 11.2 Å². The lowest BCUT2D eigenvalue weighted by molar-refractivity contribution is 0.669. The Kier molecular flexibility index (Phi) is 7.26. The van der Waals surface area contributed by atoms with Crippen molar-refractivity contribution in [2.45, 2.75) is 0 Å². The number of nitrogens with zero attached hydrogens (tertiary/aromatic N) is 4. The van der Waals surface area contributed by atoms with Gasteiger partial charge >= 0.3 is 0 Å². The van der Waals surface area contributed by atoms with Gasteiger partial charge in [0.15, 0.2) is 16.9 Å². The molecule has 0 saturated carbocycles. The van der Waals surface area contributed by atoms with E-state index in [2.05, 4.69) is 118 Å². The molecule has 0 aliphatic carbocycles. The average molecular weight is 767 g/mol. The van der Waals surface area contributed by atoms with E-state index in [9.17, 15) is 5.26 Å². The number of nitriles is 1. The number of furan rings is 2. The van der Waals surface area contributed by atoms with Crippen LogP contribution in [0.15, 0.2) is 191 Å². The van der Waals surface area contributed by atoms with Crippen LogP contribution in [0.2, 0.25) is 0 Å². The van der Waals surface area contributed by atoms with Crippen LogP contribution in [-0.2, 0) is 0 Å². The molecule has 0 amide bonds. The zero-order valence-corrected chi connectivity index (χ0v) is 31.9. The van der Waals surface area contributed by atoms with Gasteiger partial charge in [-0.3, -0.25) is 0 Å². The minimum atomic E-state index is 0.578. The molecule has 60 heavy (non-hydrogen) atoms. The molecular formula is C54H30N4O2. The lowest BCUT2D eigenvalue weighted by Gasteiger charge is -2.29. The summed E-state index contributed by atoms with van der Waals surface area (Å²) in [5, 5.41) is 20.6. The van der Waals surface area contributed by atoms with E-state index in [4.69, 9.17) is 15.4 Å². The fourth-order valence-corrected chi connectivity index (χ4v) is 9.15. The predicted octanol–water partition coefficient (Wildman–Crippen LogP) is 15.7. The number of hydrogen-bond acceptors (Lipinski definition) is 5. The van der Waals surface area contributed by atoms with Crippen molar-refractivity contribution in [3.63, 3.8) is 0 Å². The zero-order chi connectivity index (χ0) is 39.9. The highest BCUT2D eigenvalue weighted by molar-refractivity contribution is 6.28. The number of anilines is 6. The quantitative estimate of drug-likeness (QED) is 0.125. The lowest BCUT2D eigenvalue weighted by Crippen LogP contribution is -2.12. The highest BCUT2D eigenvalue weighted by Gasteiger charge is 2.25. The first kappa shape index (κ1) is 33.5. The maximum atomic E-state index is 9.74. The summed E-state index contributed by atoms with van der Waals surface area (Å²) in [7, 11) is 0. The van der Waals surface area contributed by atoms with E-state index in [1.165, 1.54) is 0 Å². The second-order valence-electron chi connectivity index (χ2n) is 15.1. The van der Waals surface area contributed by atoms with Crippen LogP contribution in [0.25, 0.3) is 81.0 Å². The molecule has 0 radical (unpaired) electrons. The van der Waals surface area contributed by atoms with E-state index < -0.39 is 0 Å². The molecule has 0 N–H and O–H groups in total. The topological polar surface area (TPSA) is 60.9 Å². The van der Waals surface area contributed by atoms with E-state index >= 15 is 0 Å². The van der Waals surface area contributed by atoms with Gasteiger partial charge in [-0.1, -0.05) is 109 Å². The Morgan fingerprint density at radius 2 is 0.867 bits per heavy atom. The van der Waals surface area contributed by atoms with Gasteiger partial charge in [0.05, 0.1) is 41.0 Å². The van der Waals surface area contributed by atoms with Crippen LogP contribution >= 0.6 is 0 Å². The maximum absolute atomic E-state index is 9.74. The van der Waals surface area contributed by atoms with Gasteiger partial charge < -0.3 is 18.6 Å². The molecule has 0 fully saturated rings. The highest BCUT2D eigenvalue weighted by atomic mass is 16.3. The SMILES string of the molecule is [C-]#[N+]c1ccc(N(c2ccc3ccc4ccc(N(c5ccc(C#N)cc5)c5cccc6c5oc5ccccc56)c5ccc2c3c45)c2cccc3c2oc2ccccc23)cc1. The number of para-hydroxylation sites is 4. The summed E-state index contributed by atoms with van der Waals surface area (Å²) in [6, 6.07) is 64.4. The fraction of sp³-hybridized carbons (Fsp3) is 0. The summed E-state index contributed by atoms with van der Waals surface area (Å²) in [5.74, 6) is 0. The van der Waals surface area contributed by atoms with E-state index in [-0.39, 0.29) is 0 Å². The third-order valence-corrected chi connectivity index (χ3v) is 11.8. The van der Waals surface area contributed by atoms with Crippen LogP contribution in [0, 0.1) is 17.9 Å². The van der Waals surface area contributed by atoms with Gasteiger partial charge in [-0.15, -0.1) is 0 Å². The van der Waals surface area contributed by atoms with Crippen molar-refractivity contribution in [2.75, 3.05) is 9.80 Å². The van der Waals surface area contributed by atoms with Crippen LogP contribution < -0.4 is 9.80 Å². The van der Waals surface area contributed by atoms with Crippen molar-refractivity contribution in [1.82, 2.24) is 0 Å². The molecule has 0 unspecified atom stereocenters. The number of fused-ring (bicyclic) bond motifs is 6. The summed E-state index contributed by atoms with van der Waals surface area (Å²) >= 11 is 0. The normalized spacial score (nSPS) is 11.6. The molecule has 12 rings (SSSR count). The molecule has 2 heterocycles. The van der Waals surface area contributed by atoms with E-state index in [0.29, 0.717) is 11.3 Å². The monoisotopic (exact) mass is 766 g/mol. The average Bonchev–Trinajstić information content (AvgIpc) is 3.89. The van der Waals surface area contributed by atoms with Crippen molar-refractivity contribution in [1.29, 1.82) is 5.26 Å². The van der Waals surface area contributed by atoms with Gasteiger partial charge in [0.2, 0.25) is 0 Å². The summed E-state index contributed by atoms with van der Waals surface area (Å²) < 4.78 is 13.3. The predicted molar refractivity (Wildman–Crippen MR) is 245 cm³/mol. The van der Waals surface area contributed by atoms with Crippen LogP contribution in [0.4, 0.5) is 39.8 Å². The molecule has 12 aromatic rings. The Balaban J connectivity index is 1.13. The number of rotatable bonds is 6. The standard InChI is InChI=1S/C54H30N4O2/c1-56-36-22-26-38(27-23-36)58(48-13-7-11-42-40-9-3-5-15-50(40)60-54(42)48)46-31-21-35-19-18-34-20-30-45(43-28-29-44(46)52(35)51(34)43)57(37-24-16-33(32-55)17-25-37)47-12-6-10-41-39-8-2-4-14-49(39)59-53(41)47/h2-31H. The maximum Gasteiger partial charge on any atom is 0.187 e. The van der Waals surface area contributed by atoms with Gasteiger partial charge in [-0.2, -0.15) is 5.26 Å². The Morgan fingerprint density at radius 3 is 1.35 bits per heavy atom. The molecule has 278 valence electrons. The number of hydrogen-bond donors (Lipinski definition) is 0. The van der Waals surface area contributed by atoms with E-state index in [0.717, 1.165) is 110 Å². The third-order valence-electron chi connectivity index (χ3n) is 11.8. The molecule has 0 spiro atoms. The summed E-state index contributed by atoms with van der Waals surface area (Å²) in [6.45, 7) is 7.66. The molecule has 2 aromatic heterocycles. The minimum Gasteiger partial charge on any atom is -0.454 e. The minimum absolute atomic E-state index is 0.578. The summed E-state index contributed by atoms with van der Waals surface area (Å²) in [6.07, 6.45) is 0. The van der Waals surface area contributed by atoms with Crippen LogP contribution in [0.1, 0.15) is 5.56 Å². The summed E-state index contributed by atoms with van der Waals surface area (Å²) in [5.41, 5.74) is 10.0. The Labute approximate surface area is 343 Å². The van der Waals surface area contributed by atoms with E-state index in [1.54, 1.807) is 0 Å². The molecule has 0 aliphatic heterocycles. The molecule has 0 aliphatic rings. The first-order chi connectivity index (χ1) is 29.7. The van der Waals surface area contributed by atoms with Crippen molar-refractivity contribution >= 4 is 116 Å². The van der Waals surface area contributed by atoms with Gasteiger partial charge in [-0.25, -0.2) is 4.85 Å². The largest absolute Gasteiger partial charge is 0.454 e. The lowest BCUT2D eigenvalue weighted by atomic mass is 9.91. The molecule has 6 heteroatoms. The fourth-order valence-electron chi connectivity index (χ4n) is 9.15. The van der Waals surface area contributed by atoms with Gasteiger partial charge in [0.25, 0.3) is 0 Å². The highest BCUT2D eigenvalue weighted by Crippen LogP contribution is 2.50. The second kappa shape index (κ2) is 13.0. The third kappa shape index (κ3) is 4.92. The van der Waals surface area contributed by atoms with Gasteiger partial charge in [0, 0.05) is 43.7 Å². The van der Waals surface area contributed by atoms with Crippen molar-refractivity contribution in [3.05, 3.63) is 199 Å². The summed E-state index contributed by atoms with van der Waals surface area (Å²) in [4.78, 5) is 8.21. The Hall–Kier alpha value is -8.58. The van der Waals surface area contributed by atoms with Crippen LogP contribution in [0.5, 0.6) is 0 Å².